The number of aromatic nitrogens is 2. The van der Waals surface area contributed by atoms with Gasteiger partial charge in [-0.15, -0.1) is 0 Å². The molecule has 33 heavy (non-hydrogen) atoms. The molecule has 0 saturated carbocycles. The minimum atomic E-state index is -0.791. The first kappa shape index (κ1) is 23.9. The number of piperidine rings is 1. The molecular weight excluding hydrogens is 470 g/mol. The summed E-state index contributed by atoms with van der Waals surface area (Å²) in [4.78, 5) is 22.6. The molecule has 4 rings (SSSR count). The van der Waals surface area contributed by atoms with Crippen LogP contribution >= 0.6 is 23.2 Å². The van der Waals surface area contributed by atoms with E-state index in [0.717, 1.165) is 31.1 Å². The van der Waals surface area contributed by atoms with Crippen molar-refractivity contribution >= 4 is 40.9 Å². The Morgan fingerprint density at radius 3 is 2.88 bits per heavy atom. The number of carbonyl (C=O) groups excluding carboxylic acids is 1. The Kier molecular flexibility index (Phi) is 7.53. The monoisotopic (exact) mass is 496 g/mol. The van der Waals surface area contributed by atoms with E-state index in [4.69, 9.17) is 23.2 Å². The van der Waals surface area contributed by atoms with Crippen molar-refractivity contribution < 1.29 is 14.3 Å². The molecule has 4 N–H and O–H groups in total. The van der Waals surface area contributed by atoms with Gasteiger partial charge in [0.05, 0.1) is 30.4 Å². The van der Waals surface area contributed by atoms with Gasteiger partial charge in [-0.25, -0.2) is 9.37 Å². The SMILES string of the molecule is C[C@@H](Nc1nc(N2CC[C@H](NC(=O)[C@H]3CCCN3)[C@@H](O)C2)ncc1F)c1ccc(Cl)cc1Cl. The third-order valence-electron chi connectivity index (χ3n) is 6.08. The predicted octanol–water partition coefficient (Wildman–Crippen LogP) is 2.90. The molecule has 11 heteroatoms. The summed E-state index contributed by atoms with van der Waals surface area (Å²) in [6.07, 6.45) is 2.62. The van der Waals surface area contributed by atoms with Gasteiger partial charge in [-0.1, -0.05) is 29.3 Å². The van der Waals surface area contributed by atoms with Gasteiger partial charge in [-0.3, -0.25) is 4.79 Å². The molecule has 2 saturated heterocycles. The van der Waals surface area contributed by atoms with Crippen LogP contribution < -0.4 is 20.9 Å². The number of aliphatic hydroxyl groups is 1. The lowest BCUT2D eigenvalue weighted by atomic mass is 10.0. The van der Waals surface area contributed by atoms with Crippen LogP contribution in [0.25, 0.3) is 0 Å². The second-order valence-electron chi connectivity index (χ2n) is 8.46. The zero-order chi connectivity index (χ0) is 23.5. The predicted molar refractivity (Wildman–Crippen MR) is 126 cm³/mol. The number of nitrogens with one attached hydrogen (secondary N) is 3. The van der Waals surface area contributed by atoms with Crippen LogP contribution in [0, 0.1) is 5.82 Å². The molecule has 2 aliphatic heterocycles. The maximum atomic E-state index is 14.4. The highest BCUT2D eigenvalue weighted by Crippen LogP contribution is 2.29. The number of aliphatic hydroxyl groups excluding tert-OH is 1. The summed E-state index contributed by atoms with van der Waals surface area (Å²) >= 11 is 12.2. The van der Waals surface area contributed by atoms with Crippen LogP contribution in [0.5, 0.6) is 0 Å². The van der Waals surface area contributed by atoms with E-state index < -0.39 is 11.9 Å². The third kappa shape index (κ3) is 5.66. The Morgan fingerprint density at radius 1 is 1.36 bits per heavy atom. The minimum absolute atomic E-state index is 0.0377. The number of hydrogen-bond acceptors (Lipinski definition) is 7. The molecule has 2 fully saturated rings. The molecule has 0 radical (unpaired) electrons. The van der Waals surface area contributed by atoms with Gasteiger partial charge in [0, 0.05) is 23.1 Å². The highest BCUT2D eigenvalue weighted by atomic mass is 35.5. The van der Waals surface area contributed by atoms with Gasteiger partial charge < -0.3 is 26.0 Å². The molecule has 4 atom stereocenters. The van der Waals surface area contributed by atoms with Crippen molar-refractivity contribution in [3.8, 4) is 0 Å². The largest absolute Gasteiger partial charge is 0.389 e. The number of amides is 1. The van der Waals surface area contributed by atoms with Crippen LogP contribution in [0.15, 0.2) is 24.4 Å². The van der Waals surface area contributed by atoms with Crippen LogP contribution in [0.2, 0.25) is 10.0 Å². The lowest BCUT2D eigenvalue weighted by Crippen LogP contribution is -2.56. The first-order valence-corrected chi connectivity index (χ1v) is 11.8. The topological polar surface area (TPSA) is 102 Å². The van der Waals surface area contributed by atoms with Gasteiger partial charge in [0.25, 0.3) is 0 Å². The third-order valence-corrected chi connectivity index (χ3v) is 6.65. The average molecular weight is 497 g/mol. The Hall–Kier alpha value is -2.20. The molecule has 3 heterocycles. The minimum Gasteiger partial charge on any atom is -0.389 e. The first-order chi connectivity index (χ1) is 15.8. The zero-order valence-corrected chi connectivity index (χ0v) is 19.7. The van der Waals surface area contributed by atoms with Crippen molar-refractivity contribution in [3.63, 3.8) is 0 Å². The van der Waals surface area contributed by atoms with Crippen molar-refractivity contribution in [2.24, 2.45) is 0 Å². The average Bonchev–Trinajstić information content (AvgIpc) is 3.32. The van der Waals surface area contributed by atoms with Gasteiger partial charge in [-0.2, -0.15) is 4.98 Å². The van der Waals surface area contributed by atoms with Gasteiger partial charge in [0.15, 0.2) is 11.6 Å². The molecule has 0 bridgehead atoms. The number of β-amino-alcohol motifs (C(OH)–C–C–N with tert-alkyl or cyclic N) is 1. The number of halogens is 3. The van der Waals surface area contributed by atoms with Crippen molar-refractivity contribution in [3.05, 3.63) is 45.8 Å². The van der Waals surface area contributed by atoms with Crippen molar-refractivity contribution in [2.45, 2.75) is 50.4 Å². The molecule has 8 nitrogen and oxygen atoms in total. The van der Waals surface area contributed by atoms with Gasteiger partial charge in [0.2, 0.25) is 11.9 Å². The fourth-order valence-electron chi connectivity index (χ4n) is 4.22. The lowest BCUT2D eigenvalue weighted by Gasteiger charge is -2.36. The molecule has 0 unspecified atom stereocenters. The summed E-state index contributed by atoms with van der Waals surface area (Å²) in [6, 6.07) is 4.25. The van der Waals surface area contributed by atoms with Crippen LogP contribution in [-0.2, 0) is 4.79 Å². The van der Waals surface area contributed by atoms with E-state index in [0.29, 0.717) is 29.0 Å². The van der Waals surface area contributed by atoms with Crippen LogP contribution in [0.3, 0.4) is 0 Å². The fourth-order valence-corrected chi connectivity index (χ4v) is 4.79. The number of rotatable bonds is 6. The summed E-state index contributed by atoms with van der Waals surface area (Å²) in [6.45, 7) is 3.42. The molecule has 2 aliphatic rings. The Balaban J connectivity index is 1.40. The highest BCUT2D eigenvalue weighted by Gasteiger charge is 2.32. The number of benzene rings is 1. The molecule has 0 aliphatic carbocycles. The quantitative estimate of drug-likeness (QED) is 0.487. The van der Waals surface area contributed by atoms with Crippen molar-refractivity contribution in [1.82, 2.24) is 20.6 Å². The normalized spacial score (nSPS) is 23.9. The van der Waals surface area contributed by atoms with E-state index in [1.165, 1.54) is 0 Å². The lowest BCUT2D eigenvalue weighted by molar-refractivity contribution is -0.124. The molecule has 178 valence electrons. The van der Waals surface area contributed by atoms with Crippen molar-refractivity contribution in [2.75, 3.05) is 29.9 Å². The highest BCUT2D eigenvalue weighted by molar-refractivity contribution is 6.35. The molecule has 1 aromatic heterocycles. The fraction of sp³-hybridized carbons (Fsp3) is 0.500. The maximum Gasteiger partial charge on any atom is 0.237 e. The van der Waals surface area contributed by atoms with Crippen LogP contribution in [0.1, 0.15) is 37.8 Å². The molecule has 1 amide bonds. The summed E-state index contributed by atoms with van der Waals surface area (Å²) in [7, 11) is 0. The molecule has 0 spiro atoms. The zero-order valence-electron chi connectivity index (χ0n) is 18.2. The van der Waals surface area contributed by atoms with Gasteiger partial charge in [0.1, 0.15) is 0 Å². The number of hydrogen-bond donors (Lipinski definition) is 4. The first-order valence-electron chi connectivity index (χ1n) is 11.0. The molecule has 1 aromatic carbocycles. The number of nitrogens with zero attached hydrogens (tertiary/aromatic N) is 3. The van der Waals surface area contributed by atoms with E-state index in [1.54, 1.807) is 23.1 Å². The van der Waals surface area contributed by atoms with Gasteiger partial charge in [-0.05, 0) is 50.4 Å². The summed E-state index contributed by atoms with van der Waals surface area (Å²) < 4.78 is 14.4. The second-order valence-corrected chi connectivity index (χ2v) is 9.31. The van der Waals surface area contributed by atoms with E-state index >= 15 is 0 Å². The van der Waals surface area contributed by atoms with Crippen LogP contribution in [-0.4, -0.2) is 58.8 Å². The Bertz CT molecular complexity index is 1010. The summed E-state index contributed by atoms with van der Waals surface area (Å²) in [5, 5.41) is 20.7. The standard InChI is InChI=1S/C22H27Cl2FN6O2/c1-12(14-5-4-13(23)9-15(14)24)28-20-16(25)10-27-22(30-20)31-8-6-17(19(32)11-31)29-21(33)18-3-2-7-26-18/h4-5,9-10,12,17-19,26,32H,2-3,6-8,11H2,1H3,(H,29,33)(H,27,28,30)/t12-,17+,18-,19+/m1/s1. The second kappa shape index (κ2) is 10.4. The smallest absolute Gasteiger partial charge is 0.237 e. The maximum absolute atomic E-state index is 14.4. The van der Waals surface area contributed by atoms with E-state index in [1.807, 2.05) is 6.92 Å². The number of anilines is 2. The van der Waals surface area contributed by atoms with Crippen LogP contribution in [0.4, 0.5) is 16.2 Å². The van der Waals surface area contributed by atoms with E-state index in [-0.39, 0.29) is 36.4 Å². The number of carbonyl (C=O) groups is 1. The van der Waals surface area contributed by atoms with Gasteiger partial charge >= 0.3 is 0 Å². The van der Waals surface area contributed by atoms with Crippen molar-refractivity contribution in [1.29, 1.82) is 0 Å². The summed E-state index contributed by atoms with van der Waals surface area (Å²) in [5.74, 6) is -0.336. The van der Waals surface area contributed by atoms with E-state index in [2.05, 4.69) is 25.9 Å². The Labute approximate surface area is 201 Å². The molecular formula is C22H27Cl2FN6O2. The summed E-state index contributed by atoms with van der Waals surface area (Å²) in [5.41, 5.74) is 0.754. The molecule has 2 aromatic rings. The van der Waals surface area contributed by atoms with E-state index in [9.17, 15) is 14.3 Å². The Morgan fingerprint density at radius 2 is 2.18 bits per heavy atom.